The Labute approximate surface area is 84.6 Å². The van der Waals surface area contributed by atoms with Crippen molar-refractivity contribution in [1.82, 2.24) is 10.2 Å². The molecule has 2 aliphatic rings. The van der Waals surface area contributed by atoms with Crippen LogP contribution in [0.3, 0.4) is 0 Å². The van der Waals surface area contributed by atoms with E-state index in [9.17, 15) is 4.79 Å². The predicted molar refractivity (Wildman–Crippen MR) is 53.1 cm³/mol. The third-order valence-electron chi connectivity index (χ3n) is 3.17. The van der Waals surface area contributed by atoms with Gasteiger partial charge >= 0.3 is 6.09 Å². The first-order chi connectivity index (χ1) is 6.79. The molecule has 2 rings (SSSR count). The number of hydrogen-bond donors (Lipinski definition) is 1. The van der Waals surface area contributed by atoms with Gasteiger partial charge in [0.2, 0.25) is 0 Å². The number of ether oxygens (including phenoxy) is 1. The Balaban J connectivity index is 1.65. The minimum Gasteiger partial charge on any atom is -0.453 e. The molecular formula is C10H18N2O2. The minimum absolute atomic E-state index is 0.180. The number of amides is 1. The summed E-state index contributed by atoms with van der Waals surface area (Å²) in [7, 11) is 1.44. The lowest BCUT2D eigenvalue weighted by atomic mass is 9.92. The van der Waals surface area contributed by atoms with Gasteiger partial charge in [0.1, 0.15) is 0 Å². The normalized spacial score (nSPS) is 27.5. The van der Waals surface area contributed by atoms with Crippen LogP contribution in [-0.2, 0) is 4.74 Å². The van der Waals surface area contributed by atoms with E-state index in [2.05, 4.69) is 10.1 Å². The largest absolute Gasteiger partial charge is 0.453 e. The van der Waals surface area contributed by atoms with Crippen molar-refractivity contribution in [2.45, 2.75) is 25.3 Å². The molecule has 1 amide bonds. The molecule has 0 aromatic carbocycles. The first kappa shape index (κ1) is 9.77. The molecule has 0 spiro atoms. The fourth-order valence-electron chi connectivity index (χ4n) is 2.36. The highest BCUT2D eigenvalue weighted by atomic mass is 16.5. The van der Waals surface area contributed by atoms with Crippen LogP contribution in [0.5, 0.6) is 0 Å². The molecule has 1 unspecified atom stereocenters. The van der Waals surface area contributed by atoms with Crippen LogP contribution in [-0.4, -0.2) is 43.8 Å². The van der Waals surface area contributed by atoms with Gasteiger partial charge in [-0.05, 0) is 31.7 Å². The van der Waals surface area contributed by atoms with Crippen molar-refractivity contribution < 1.29 is 9.53 Å². The molecule has 0 aromatic heterocycles. The number of likely N-dealkylation sites (tertiary alicyclic amines) is 1. The van der Waals surface area contributed by atoms with Gasteiger partial charge < -0.3 is 15.0 Å². The quantitative estimate of drug-likeness (QED) is 0.714. The van der Waals surface area contributed by atoms with E-state index < -0.39 is 0 Å². The van der Waals surface area contributed by atoms with Crippen molar-refractivity contribution in [2.24, 2.45) is 5.92 Å². The highest BCUT2D eigenvalue weighted by Crippen LogP contribution is 2.23. The highest BCUT2D eigenvalue weighted by Gasteiger charge is 2.33. The van der Waals surface area contributed by atoms with Crippen LogP contribution < -0.4 is 5.32 Å². The molecule has 4 nitrogen and oxygen atoms in total. The van der Waals surface area contributed by atoms with Gasteiger partial charge in [-0.25, -0.2) is 4.79 Å². The molecule has 0 radical (unpaired) electrons. The average Bonchev–Trinajstić information content (AvgIpc) is 2.61. The number of nitrogens with one attached hydrogen (secondary N) is 1. The van der Waals surface area contributed by atoms with Crippen LogP contribution in [0.2, 0.25) is 0 Å². The molecule has 1 atom stereocenters. The zero-order valence-corrected chi connectivity index (χ0v) is 8.66. The SMILES string of the molecule is COC(=O)N1CC(CC2CCCN2)C1. The van der Waals surface area contributed by atoms with Gasteiger partial charge in [0.05, 0.1) is 7.11 Å². The summed E-state index contributed by atoms with van der Waals surface area (Å²) in [6, 6.07) is 0.694. The smallest absolute Gasteiger partial charge is 0.409 e. The summed E-state index contributed by atoms with van der Waals surface area (Å²) in [6.45, 7) is 2.92. The molecule has 80 valence electrons. The lowest BCUT2D eigenvalue weighted by Crippen LogP contribution is -2.51. The molecule has 0 bridgehead atoms. The third-order valence-corrected chi connectivity index (χ3v) is 3.17. The zero-order valence-electron chi connectivity index (χ0n) is 8.66. The molecule has 2 saturated heterocycles. The summed E-state index contributed by atoms with van der Waals surface area (Å²) >= 11 is 0. The summed E-state index contributed by atoms with van der Waals surface area (Å²) in [4.78, 5) is 12.8. The lowest BCUT2D eigenvalue weighted by Gasteiger charge is -2.39. The maximum atomic E-state index is 11.1. The summed E-state index contributed by atoms with van der Waals surface area (Å²) in [5.41, 5.74) is 0. The van der Waals surface area contributed by atoms with E-state index in [-0.39, 0.29) is 6.09 Å². The maximum Gasteiger partial charge on any atom is 0.409 e. The first-order valence-electron chi connectivity index (χ1n) is 5.36. The number of carbonyl (C=O) groups excluding carboxylic acids is 1. The van der Waals surface area contributed by atoms with E-state index in [0.29, 0.717) is 12.0 Å². The minimum atomic E-state index is -0.180. The number of nitrogens with zero attached hydrogens (tertiary/aromatic N) is 1. The van der Waals surface area contributed by atoms with Crippen LogP contribution in [0, 0.1) is 5.92 Å². The monoisotopic (exact) mass is 198 g/mol. The molecule has 0 aromatic rings. The van der Waals surface area contributed by atoms with Crippen LogP contribution in [0.1, 0.15) is 19.3 Å². The van der Waals surface area contributed by atoms with Crippen molar-refractivity contribution in [3.8, 4) is 0 Å². The summed E-state index contributed by atoms with van der Waals surface area (Å²) in [5.74, 6) is 0.685. The van der Waals surface area contributed by atoms with Crippen LogP contribution in [0.4, 0.5) is 4.79 Å². The fraction of sp³-hybridized carbons (Fsp3) is 0.900. The van der Waals surface area contributed by atoms with Crippen molar-refractivity contribution in [3.05, 3.63) is 0 Å². The van der Waals surface area contributed by atoms with E-state index in [1.165, 1.54) is 26.4 Å². The highest BCUT2D eigenvalue weighted by molar-refractivity contribution is 5.68. The second kappa shape index (κ2) is 4.17. The van der Waals surface area contributed by atoms with Crippen molar-refractivity contribution in [1.29, 1.82) is 0 Å². The second-order valence-corrected chi connectivity index (χ2v) is 4.27. The first-order valence-corrected chi connectivity index (χ1v) is 5.36. The van der Waals surface area contributed by atoms with E-state index in [1.54, 1.807) is 4.90 Å². The summed E-state index contributed by atoms with van der Waals surface area (Å²) in [5, 5.41) is 3.48. The molecule has 2 fully saturated rings. The zero-order chi connectivity index (χ0) is 9.97. The van der Waals surface area contributed by atoms with Crippen LogP contribution in [0.15, 0.2) is 0 Å². The van der Waals surface area contributed by atoms with Gasteiger partial charge in [0.15, 0.2) is 0 Å². The molecule has 1 N–H and O–H groups in total. The van der Waals surface area contributed by atoms with Crippen molar-refractivity contribution in [3.63, 3.8) is 0 Å². The number of rotatable bonds is 2. The Hall–Kier alpha value is -0.770. The molecule has 0 aliphatic carbocycles. The molecule has 4 heteroatoms. The predicted octanol–water partition coefficient (Wildman–Crippen LogP) is 0.827. The summed E-state index contributed by atoms with van der Waals surface area (Å²) in [6.07, 6.45) is 3.64. The number of methoxy groups -OCH3 is 1. The Kier molecular flexibility index (Phi) is 2.91. The maximum absolute atomic E-state index is 11.1. The molecular weight excluding hydrogens is 180 g/mol. The van der Waals surface area contributed by atoms with Gasteiger partial charge in [-0.2, -0.15) is 0 Å². The van der Waals surface area contributed by atoms with Crippen LogP contribution >= 0.6 is 0 Å². The summed E-state index contributed by atoms with van der Waals surface area (Å²) < 4.78 is 4.64. The average molecular weight is 198 g/mol. The fourth-order valence-corrected chi connectivity index (χ4v) is 2.36. The van der Waals surface area contributed by atoms with Crippen molar-refractivity contribution >= 4 is 6.09 Å². The number of carbonyl (C=O) groups is 1. The van der Waals surface area contributed by atoms with E-state index >= 15 is 0 Å². The Morgan fingerprint density at radius 3 is 2.93 bits per heavy atom. The van der Waals surface area contributed by atoms with E-state index in [0.717, 1.165) is 19.6 Å². The van der Waals surface area contributed by atoms with Gasteiger partial charge in [0, 0.05) is 19.1 Å². The number of hydrogen-bond acceptors (Lipinski definition) is 3. The van der Waals surface area contributed by atoms with E-state index in [1.807, 2.05) is 0 Å². The van der Waals surface area contributed by atoms with Gasteiger partial charge in [-0.15, -0.1) is 0 Å². The molecule has 14 heavy (non-hydrogen) atoms. The van der Waals surface area contributed by atoms with Crippen molar-refractivity contribution in [2.75, 3.05) is 26.7 Å². The van der Waals surface area contributed by atoms with E-state index in [4.69, 9.17) is 0 Å². The Morgan fingerprint density at radius 1 is 1.57 bits per heavy atom. The Bertz CT molecular complexity index is 208. The second-order valence-electron chi connectivity index (χ2n) is 4.27. The lowest BCUT2D eigenvalue weighted by molar-refractivity contribution is 0.0616. The Morgan fingerprint density at radius 2 is 2.36 bits per heavy atom. The molecule has 2 aliphatic heterocycles. The van der Waals surface area contributed by atoms with Gasteiger partial charge in [0.25, 0.3) is 0 Å². The standard InChI is InChI=1S/C10H18N2O2/c1-14-10(13)12-6-8(7-12)5-9-3-2-4-11-9/h8-9,11H,2-7H2,1H3. The molecule has 2 heterocycles. The third kappa shape index (κ3) is 2.00. The van der Waals surface area contributed by atoms with Gasteiger partial charge in [-0.1, -0.05) is 0 Å². The van der Waals surface area contributed by atoms with Crippen LogP contribution in [0.25, 0.3) is 0 Å². The molecule has 0 saturated carbocycles. The topological polar surface area (TPSA) is 41.6 Å². The van der Waals surface area contributed by atoms with Gasteiger partial charge in [-0.3, -0.25) is 0 Å².